The maximum absolute atomic E-state index is 13.3. The van der Waals surface area contributed by atoms with Crippen molar-refractivity contribution in [1.82, 2.24) is 4.57 Å². The van der Waals surface area contributed by atoms with E-state index in [0.717, 1.165) is 22.8 Å². The van der Waals surface area contributed by atoms with Crippen molar-refractivity contribution >= 4 is 34.4 Å². The highest BCUT2D eigenvalue weighted by molar-refractivity contribution is 14.1. The zero-order valence-corrected chi connectivity index (χ0v) is 15.1. The lowest BCUT2D eigenvalue weighted by atomic mass is 10.1. The lowest BCUT2D eigenvalue weighted by molar-refractivity contribution is -0.139. The highest BCUT2D eigenvalue weighted by atomic mass is 127. The van der Waals surface area contributed by atoms with Crippen LogP contribution in [0.25, 0.3) is 11.3 Å². The zero-order chi connectivity index (χ0) is 16.2. The smallest absolute Gasteiger partial charge is 0.349 e. The van der Waals surface area contributed by atoms with Gasteiger partial charge in [0.1, 0.15) is 0 Å². The summed E-state index contributed by atoms with van der Waals surface area (Å²) in [5.74, 6) is 0.704. The van der Waals surface area contributed by atoms with E-state index in [-0.39, 0.29) is 0 Å². The van der Waals surface area contributed by atoms with Crippen molar-refractivity contribution in [3.63, 3.8) is 0 Å². The van der Waals surface area contributed by atoms with Crippen LogP contribution in [0.5, 0.6) is 0 Å². The molecule has 0 amide bonds. The molecule has 1 nitrogen and oxygen atoms in total. The zero-order valence-electron chi connectivity index (χ0n) is 12.2. The Morgan fingerprint density at radius 3 is 2.41 bits per heavy atom. The van der Waals surface area contributed by atoms with Crippen LogP contribution in [0.1, 0.15) is 18.4 Å². The molecule has 6 heteroatoms. The molecule has 2 aromatic rings. The van der Waals surface area contributed by atoms with E-state index in [9.17, 15) is 13.2 Å². The van der Waals surface area contributed by atoms with Gasteiger partial charge in [-0.05, 0) is 28.6 Å². The molecule has 0 N–H and O–H groups in total. The van der Waals surface area contributed by atoms with Gasteiger partial charge >= 0.3 is 6.18 Å². The predicted octanol–water partition coefficient (Wildman–Crippen LogP) is 6.02. The minimum atomic E-state index is -4.32. The predicted molar refractivity (Wildman–Crippen MR) is 94.7 cm³/mol. The molecule has 0 bridgehead atoms. The number of alkyl halides is 4. The highest BCUT2D eigenvalue weighted by Gasteiger charge is 2.36. The molecule has 2 rings (SSSR count). The van der Waals surface area contributed by atoms with E-state index in [4.69, 9.17) is 0 Å². The summed E-state index contributed by atoms with van der Waals surface area (Å²) < 4.78 is 42.5. The summed E-state index contributed by atoms with van der Waals surface area (Å²) in [4.78, 5) is 0.342. The molecule has 0 aliphatic rings. The monoisotopic (exact) mass is 439 g/mol. The second kappa shape index (κ2) is 7.77. The van der Waals surface area contributed by atoms with Crippen LogP contribution >= 0.6 is 34.4 Å². The van der Waals surface area contributed by atoms with Crippen molar-refractivity contribution in [2.24, 2.45) is 7.05 Å². The first-order valence-corrected chi connectivity index (χ1v) is 9.47. The fourth-order valence-corrected chi connectivity index (χ4v) is 4.07. The minimum Gasteiger partial charge on any atom is -0.349 e. The molecule has 1 aromatic carbocycles. The summed E-state index contributed by atoms with van der Waals surface area (Å²) in [5, 5.41) is 0. The number of hydrogen-bond donors (Lipinski definition) is 0. The van der Waals surface area contributed by atoms with Crippen molar-refractivity contribution in [2.75, 3.05) is 10.2 Å². The molecule has 0 radical (unpaired) electrons. The number of thioether (sulfide) groups is 1. The molecular formula is C16H17F3INS. The van der Waals surface area contributed by atoms with E-state index in [2.05, 4.69) is 22.6 Å². The largest absolute Gasteiger partial charge is 0.418 e. The van der Waals surface area contributed by atoms with Crippen LogP contribution in [0.4, 0.5) is 13.2 Å². The third-order valence-electron chi connectivity index (χ3n) is 3.26. The van der Waals surface area contributed by atoms with Gasteiger partial charge in [-0.1, -0.05) is 52.9 Å². The molecular weight excluding hydrogens is 422 g/mol. The molecule has 120 valence electrons. The summed E-state index contributed by atoms with van der Waals surface area (Å²) >= 11 is 3.60. The number of benzene rings is 1. The minimum absolute atomic E-state index is 0.342. The van der Waals surface area contributed by atoms with Crippen molar-refractivity contribution in [3.8, 4) is 11.3 Å². The maximum Gasteiger partial charge on any atom is 0.418 e. The Morgan fingerprint density at radius 2 is 1.82 bits per heavy atom. The first-order valence-electron chi connectivity index (χ1n) is 6.96. The Labute approximate surface area is 146 Å². The summed E-state index contributed by atoms with van der Waals surface area (Å²) in [6.07, 6.45) is -1.17. The van der Waals surface area contributed by atoms with Crippen LogP contribution in [-0.2, 0) is 13.2 Å². The number of rotatable bonds is 6. The topological polar surface area (TPSA) is 4.93 Å². The molecule has 0 spiro atoms. The third kappa shape index (κ3) is 4.22. The van der Waals surface area contributed by atoms with Crippen molar-refractivity contribution in [1.29, 1.82) is 0 Å². The van der Waals surface area contributed by atoms with Gasteiger partial charge in [-0.25, -0.2) is 0 Å². The third-order valence-corrected chi connectivity index (χ3v) is 5.22. The van der Waals surface area contributed by atoms with Gasteiger partial charge in [-0.2, -0.15) is 13.2 Å². The Morgan fingerprint density at radius 1 is 1.14 bits per heavy atom. The molecule has 0 aliphatic carbocycles. The Hall–Kier alpha value is -0.630. The van der Waals surface area contributed by atoms with Gasteiger partial charge in [0.05, 0.1) is 11.3 Å². The average molecular weight is 439 g/mol. The van der Waals surface area contributed by atoms with Gasteiger partial charge in [0, 0.05) is 18.1 Å². The number of unbranched alkanes of at least 4 members (excludes halogenated alkanes) is 1. The molecule has 0 saturated heterocycles. The van der Waals surface area contributed by atoms with Crippen LogP contribution in [-0.4, -0.2) is 14.7 Å². The Bertz CT molecular complexity index is 608. The second-order valence-corrected chi connectivity index (χ2v) is 7.12. The molecule has 22 heavy (non-hydrogen) atoms. The Balaban J connectivity index is 2.41. The second-order valence-electron chi connectivity index (χ2n) is 4.94. The van der Waals surface area contributed by atoms with Crippen molar-refractivity contribution in [2.45, 2.75) is 23.9 Å². The summed E-state index contributed by atoms with van der Waals surface area (Å²) in [6.45, 7) is 0. The van der Waals surface area contributed by atoms with Gasteiger partial charge in [-0.3, -0.25) is 0 Å². The number of halogens is 4. The van der Waals surface area contributed by atoms with E-state index in [0.29, 0.717) is 16.3 Å². The number of hydrogen-bond acceptors (Lipinski definition) is 1. The fourth-order valence-electron chi connectivity index (χ4n) is 2.25. The molecule has 0 saturated carbocycles. The maximum atomic E-state index is 13.3. The number of aryl methyl sites for hydroxylation is 1. The Kier molecular flexibility index (Phi) is 6.26. The van der Waals surface area contributed by atoms with Crippen molar-refractivity contribution in [3.05, 3.63) is 42.1 Å². The molecule has 0 fully saturated rings. The molecule has 0 aliphatic heterocycles. The van der Waals surface area contributed by atoms with Gasteiger partial charge in [0.15, 0.2) is 0 Å². The summed E-state index contributed by atoms with van der Waals surface area (Å²) in [5.41, 5.74) is 0.928. The van der Waals surface area contributed by atoms with E-state index in [1.54, 1.807) is 11.6 Å². The van der Waals surface area contributed by atoms with Crippen molar-refractivity contribution < 1.29 is 13.2 Å². The van der Waals surface area contributed by atoms with Gasteiger partial charge in [0.25, 0.3) is 0 Å². The number of aromatic nitrogens is 1. The van der Waals surface area contributed by atoms with Gasteiger partial charge in [0.2, 0.25) is 0 Å². The van der Waals surface area contributed by atoms with Crippen LogP contribution < -0.4 is 0 Å². The first kappa shape index (κ1) is 17.7. The normalized spacial score (nSPS) is 11.9. The molecule has 0 unspecified atom stereocenters. The standard InChI is InChI=1S/C16H17F3INS/c1-21-11-13(16(17,18)19)15(22-10-6-5-9-20)14(21)12-7-3-2-4-8-12/h2-4,7-8,11H,5-6,9-10H2,1H3. The van der Waals surface area contributed by atoms with E-state index < -0.39 is 11.7 Å². The lowest BCUT2D eigenvalue weighted by Crippen LogP contribution is -2.05. The van der Waals surface area contributed by atoms with Gasteiger partial charge in [-0.15, -0.1) is 11.8 Å². The van der Waals surface area contributed by atoms with Crippen LogP contribution in [0.3, 0.4) is 0 Å². The SMILES string of the molecule is Cn1cc(C(F)(F)F)c(SCCCCI)c1-c1ccccc1. The number of nitrogens with zero attached hydrogens (tertiary/aromatic N) is 1. The van der Waals surface area contributed by atoms with Crippen LogP contribution in [0, 0.1) is 0 Å². The average Bonchev–Trinajstić information content (AvgIpc) is 2.81. The quantitative estimate of drug-likeness (QED) is 0.231. The van der Waals surface area contributed by atoms with E-state index in [1.807, 2.05) is 30.3 Å². The molecule has 1 heterocycles. The lowest BCUT2D eigenvalue weighted by Gasteiger charge is -2.11. The first-order chi connectivity index (χ1) is 10.4. The van der Waals surface area contributed by atoms with E-state index in [1.165, 1.54) is 18.0 Å². The molecule has 1 aromatic heterocycles. The fraction of sp³-hybridized carbons (Fsp3) is 0.375. The molecule has 0 atom stereocenters. The van der Waals surface area contributed by atoms with Crippen LogP contribution in [0.2, 0.25) is 0 Å². The van der Waals surface area contributed by atoms with E-state index >= 15 is 0 Å². The van der Waals surface area contributed by atoms with Crippen LogP contribution in [0.15, 0.2) is 41.4 Å². The highest BCUT2D eigenvalue weighted by Crippen LogP contribution is 2.43. The van der Waals surface area contributed by atoms with Gasteiger partial charge < -0.3 is 4.57 Å². The summed E-state index contributed by atoms with van der Waals surface area (Å²) in [7, 11) is 1.67. The summed E-state index contributed by atoms with van der Waals surface area (Å²) in [6, 6.07) is 9.26.